The van der Waals surface area contributed by atoms with Gasteiger partial charge in [0.15, 0.2) is 0 Å². The van der Waals surface area contributed by atoms with Crippen LogP contribution in [0.25, 0.3) is 0 Å². The Morgan fingerprint density at radius 3 is 2.41 bits per heavy atom. The number of carboxylic acids is 1. The first-order valence-electron chi connectivity index (χ1n) is 6.20. The molecule has 98 valence electrons. The fraction of sp³-hybridized carbons (Fsp3) is 0.833. The molecule has 1 fully saturated rings. The lowest BCUT2D eigenvalue weighted by molar-refractivity contribution is -0.149. The van der Waals surface area contributed by atoms with Crippen LogP contribution in [0.3, 0.4) is 0 Å². The van der Waals surface area contributed by atoms with Crippen LogP contribution in [0.15, 0.2) is 0 Å². The number of carboxylic acid groups (broad SMARTS) is 1. The summed E-state index contributed by atoms with van der Waals surface area (Å²) in [6, 6.07) is -0.328. The molecule has 0 amide bonds. The molecule has 0 aromatic heterocycles. The third kappa shape index (κ3) is 4.34. The Balaban J connectivity index is 2.30. The lowest BCUT2D eigenvalue weighted by atomic mass is 9.86. The predicted molar refractivity (Wildman–Crippen MR) is 62.6 cm³/mol. The second kappa shape index (κ2) is 6.59. The van der Waals surface area contributed by atoms with Gasteiger partial charge in [-0.15, -0.1) is 0 Å². The number of hydrogen-bond acceptors (Lipinski definition) is 4. The van der Waals surface area contributed by atoms with Crippen molar-refractivity contribution in [3.63, 3.8) is 0 Å². The summed E-state index contributed by atoms with van der Waals surface area (Å²) in [7, 11) is 0. The highest BCUT2D eigenvalue weighted by Gasteiger charge is 2.28. The summed E-state index contributed by atoms with van der Waals surface area (Å²) in [5, 5.41) is 11.8. The van der Waals surface area contributed by atoms with E-state index in [1.165, 1.54) is 0 Å². The van der Waals surface area contributed by atoms with E-state index in [0.29, 0.717) is 6.61 Å². The summed E-state index contributed by atoms with van der Waals surface area (Å²) in [4.78, 5) is 22.2. The van der Waals surface area contributed by atoms with Crippen LogP contribution in [0, 0.1) is 5.92 Å². The number of esters is 1. The average Bonchev–Trinajstić information content (AvgIpc) is 2.30. The third-order valence-electron chi connectivity index (χ3n) is 3.20. The van der Waals surface area contributed by atoms with Gasteiger partial charge in [0.25, 0.3) is 0 Å². The first-order valence-corrected chi connectivity index (χ1v) is 6.20. The fourth-order valence-corrected chi connectivity index (χ4v) is 2.18. The standard InChI is InChI=1S/C12H21NO4/c1-3-17-12(16)9-4-6-10(7-5-9)13-8(2)11(14)15/h8-10,13H,3-7H2,1-2H3,(H,14,15). The molecule has 5 nitrogen and oxygen atoms in total. The minimum Gasteiger partial charge on any atom is -0.480 e. The van der Waals surface area contributed by atoms with Crippen LogP contribution in [-0.4, -0.2) is 35.7 Å². The SMILES string of the molecule is CCOC(=O)C1CCC(NC(C)C(=O)O)CC1. The van der Waals surface area contributed by atoms with Crippen LogP contribution in [0.2, 0.25) is 0 Å². The maximum atomic E-state index is 11.5. The largest absolute Gasteiger partial charge is 0.480 e. The van der Waals surface area contributed by atoms with Gasteiger partial charge in [0.05, 0.1) is 12.5 Å². The molecule has 0 heterocycles. The highest BCUT2D eigenvalue weighted by Crippen LogP contribution is 2.25. The smallest absolute Gasteiger partial charge is 0.320 e. The molecule has 0 aromatic rings. The normalized spacial score (nSPS) is 26.2. The van der Waals surface area contributed by atoms with Gasteiger partial charge in [-0.2, -0.15) is 0 Å². The number of rotatable bonds is 5. The van der Waals surface area contributed by atoms with E-state index < -0.39 is 12.0 Å². The lowest BCUT2D eigenvalue weighted by Gasteiger charge is -2.29. The van der Waals surface area contributed by atoms with Gasteiger partial charge in [-0.25, -0.2) is 0 Å². The summed E-state index contributed by atoms with van der Waals surface area (Å²) < 4.78 is 4.98. The Bertz CT molecular complexity index is 272. The molecule has 0 bridgehead atoms. The summed E-state index contributed by atoms with van der Waals surface area (Å²) in [5.74, 6) is -0.956. The van der Waals surface area contributed by atoms with Crippen molar-refractivity contribution >= 4 is 11.9 Å². The molecule has 1 saturated carbocycles. The van der Waals surface area contributed by atoms with Crippen molar-refractivity contribution < 1.29 is 19.4 Å². The predicted octanol–water partition coefficient (Wildman–Crippen LogP) is 1.17. The van der Waals surface area contributed by atoms with Crippen molar-refractivity contribution in [3.05, 3.63) is 0 Å². The second-order valence-electron chi connectivity index (χ2n) is 4.53. The topological polar surface area (TPSA) is 75.6 Å². The van der Waals surface area contributed by atoms with E-state index in [1.807, 2.05) is 0 Å². The number of nitrogens with one attached hydrogen (secondary N) is 1. The summed E-state index contributed by atoms with van der Waals surface area (Å²) in [6.07, 6.45) is 3.23. The molecule has 1 unspecified atom stereocenters. The van der Waals surface area contributed by atoms with Crippen LogP contribution < -0.4 is 5.32 Å². The summed E-state index contributed by atoms with van der Waals surface area (Å²) >= 11 is 0. The van der Waals surface area contributed by atoms with Crippen LogP contribution in [0.5, 0.6) is 0 Å². The molecule has 5 heteroatoms. The van der Waals surface area contributed by atoms with E-state index >= 15 is 0 Å². The average molecular weight is 243 g/mol. The molecule has 2 N–H and O–H groups in total. The van der Waals surface area contributed by atoms with Gasteiger partial charge in [0.2, 0.25) is 0 Å². The van der Waals surface area contributed by atoms with Crippen LogP contribution in [0.4, 0.5) is 0 Å². The zero-order valence-corrected chi connectivity index (χ0v) is 10.4. The maximum absolute atomic E-state index is 11.5. The Hall–Kier alpha value is -1.10. The van der Waals surface area contributed by atoms with E-state index in [2.05, 4.69) is 5.32 Å². The molecular weight excluding hydrogens is 222 g/mol. The zero-order chi connectivity index (χ0) is 12.8. The Kier molecular flexibility index (Phi) is 5.41. The van der Waals surface area contributed by atoms with Gasteiger partial charge in [-0.3, -0.25) is 9.59 Å². The fourth-order valence-electron chi connectivity index (χ4n) is 2.18. The Morgan fingerprint density at radius 1 is 1.35 bits per heavy atom. The number of carbonyl (C=O) groups excluding carboxylic acids is 1. The monoisotopic (exact) mass is 243 g/mol. The van der Waals surface area contributed by atoms with E-state index in [4.69, 9.17) is 9.84 Å². The van der Waals surface area contributed by atoms with Crippen molar-refractivity contribution in [1.29, 1.82) is 0 Å². The Morgan fingerprint density at radius 2 is 1.94 bits per heavy atom. The molecule has 0 spiro atoms. The van der Waals surface area contributed by atoms with Crippen LogP contribution >= 0.6 is 0 Å². The van der Waals surface area contributed by atoms with Crippen molar-refractivity contribution in [3.8, 4) is 0 Å². The van der Waals surface area contributed by atoms with Gasteiger partial charge in [0, 0.05) is 6.04 Å². The van der Waals surface area contributed by atoms with E-state index in [-0.39, 0.29) is 17.9 Å². The van der Waals surface area contributed by atoms with Crippen molar-refractivity contribution in [1.82, 2.24) is 5.32 Å². The molecule has 1 rings (SSSR count). The molecule has 1 aliphatic rings. The van der Waals surface area contributed by atoms with Crippen molar-refractivity contribution in [2.24, 2.45) is 5.92 Å². The number of aliphatic carboxylic acids is 1. The molecule has 1 aliphatic carbocycles. The van der Waals surface area contributed by atoms with Gasteiger partial charge in [0.1, 0.15) is 6.04 Å². The van der Waals surface area contributed by atoms with Crippen LogP contribution in [0.1, 0.15) is 39.5 Å². The minimum atomic E-state index is -0.836. The second-order valence-corrected chi connectivity index (χ2v) is 4.53. The molecule has 0 saturated heterocycles. The van der Waals surface area contributed by atoms with Gasteiger partial charge >= 0.3 is 11.9 Å². The van der Waals surface area contributed by atoms with Gasteiger partial charge < -0.3 is 15.2 Å². The molecule has 0 aliphatic heterocycles. The van der Waals surface area contributed by atoms with E-state index in [0.717, 1.165) is 25.7 Å². The third-order valence-corrected chi connectivity index (χ3v) is 3.20. The summed E-state index contributed by atoms with van der Waals surface area (Å²) in [6.45, 7) is 3.87. The number of hydrogen-bond donors (Lipinski definition) is 2. The highest BCUT2D eigenvalue weighted by molar-refractivity contribution is 5.73. The minimum absolute atomic E-state index is 0.00636. The quantitative estimate of drug-likeness (QED) is 0.709. The highest BCUT2D eigenvalue weighted by atomic mass is 16.5. The molecule has 0 aromatic carbocycles. The molecule has 0 radical (unpaired) electrons. The lowest BCUT2D eigenvalue weighted by Crippen LogP contribution is -2.43. The van der Waals surface area contributed by atoms with Gasteiger partial charge in [-0.05, 0) is 39.5 Å². The first kappa shape index (κ1) is 14.0. The first-order chi connectivity index (χ1) is 8.04. The van der Waals surface area contributed by atoms with E-state index in [1.54, 1.807) is 13.8 Å². The van der Waals surface area contributed by atoms with Crippen molar-refractivity contribution in [2.45, 2.75) is 51.6 Å². The van der Waals surface area contributed by atoms with Crippen LogP contribution in [-0.2, 0) is 14.3 Å². The summed E-state index contributed by atoms with van der Waals surface area (Å²) in [5.41, 5.74) is 0. The molecule has 1 atom stereocenters. The Labute approximate surface area is 102 Å². The number of ether oxygens (including phenoxy) is 1. The molecule has 17 heavy (non-hydrogen) atoms. The van der Waals surface area contributed by atoms with Crippen molar-refractivity contribution in [2.75, 3.05) is 6.61 Å². The van der Waals surface area contributed by atoms with E-state index in [9.17, 15) is 9.59 Å². The molecular formula is C12H21NO4. The zero-order valence-electron chi connectivity index (χ0n) is 10.4. The van der Waals surface area contributed by atoms with Gasteiger partial charge in [-0.1, -0.05) is 0 Å². The number of carbonyl (C=O) groups is 2. The maximum Gasteiger partial charge on any atom is 0.320 e.